The number of nitrogens with zero attached hydrogens (tertiary/aromatic N) is 2. The highest BCUT2D eigenvalue weighted by Gasteiger charge is 2.30. The number of halogens is 3. The molecule has 2 heterocycles. The van der Waals surface area contributed by atoms with Crippen LogP contribution in [0, 0.1) is 0 Å². The normalized spacial score (nSPS) is 21.2. The van der Waals surface area contributed by atoms with Gasteiger partial charge >= 0.3 is 6.18 Å². The molecule has 0 saturated carbocycles. The zero-order valence-corrected chi connectivity index (χ0v) is 18.0. The molecule has 2 saturated heterocycles. The molecule has 1 unspecified atom stereocenters. The van der Waals surface area contributed by atoms with Gasteiger partial charge in [0.2, 0.25) is 0 Å². The number of likely N-dealkylation sites (tertiary alicyclic amines) is 1. The van der Waals surface area contributed by atoms with Crippen molar-refractivity contribution in [1.29, 1.82) is 0 Å². The smallest absolute Gasteiger partial charge is 0.416 e. The quantitative estimate of drug-likeness (QED) is 0.396. The fourth-order valence-corrected chi connectivity index (χ4v) is 3.82. The van der Waals surface area contributed by atoms with Crippen LogP contribution in [0.4, 0.5) is 13.2 Å². The summed E-state index contributed by atoms with van der Waals surface area (Å²) in [5.41, 5.74) is -0.683. The first-order valence-electron chi connectivity index (χ1n) is 10.9. The number of nitrogens with one attached hydrogen (secondary N) is 1. The fourth-order valence-electron chi connectivity index (χ4n) is 3.82. The molecule has 1 aromatic carbocycles. The minimum Gasteiger partial charge on any atom is -0.492 e. The Kier molecular flexibility index (Phi) is 8.83. The third kappa shape index (κ3) is 7.57. The molecule has 0 aliphatic carbocycles. The highest BCUT2D eigenvalue weighted by atomic mass is 19.4. The largest absolute Gasteiger partial charge is 0.492 e. The Hall–Kier alpha value is -2.00. The molecule has 2 aliphatic heterocycles. The van der Waals surface area contributed by atoms with E-state index in [1.54, 1.807) is 7.05 Å². The van der Waals surface area contributed by atoms with Crippen molar-refractivity contribution >= 4 is 5.96 Å². The summed E-state index contributed by atoms with van der Waals surface area (Å²) in [4.78, 5) is 6.52. The van der Waals surface area contributed by atoms with E-state index in [2.05, 4.69) is 15.2 Å². The van der Waals surface area contributed by atoms with E-state index in [-0.39, 0.29) is 12.2 Å². The number of hydrogen-bond acceptors (Lipinski definition) is 4. The van der Waals surface area contributed by atoms with Crippen molar-refractivity contribution in [1.82, 2.24) is 10.2 Å². The summed E-state index contributed by atoms with van der Waals surface area (Å²) in [6.45, 7) is 4.07. The van der Waals surface area contributed by atoms with Gasteiger partial charge in [-0.3, -0.25) is 4.99 Å². The van der Waals surface area contributed by atoms with Crippen LogP contribution in [0.3, 0.4) is 0 Å². The molecule has 6 nitrogen and oxygen atoms in total. The van der Waals surface area contributed by atoms with Crippen LogP contribution >= 0.6 is 0 Å². The summed E-state index contributed by atoms with van der Waals surface area (Å²) in [6, 6.07) is 4.71. The van der Waals surface area contributed by atoms with Crippen molar-refractivity contribution in [3.63, 3.8) is 0 Å². The minimum atomic E-state index is -4.34. The summed E-state index contributed by atoms with van der Waals surface area (Å²) < 4.78 is 55.1. The summed E-state index contributed by atoms with van der Waals surface area (Å²) >= 11 is 0. The number of piperidine rings is 1. The number of benzene rings is 1. The number of hydrogen-bond donors (Lipinski definition) is 1. The van der Waals surface area contributed by atoms with Crippen LogP contribution in [0.1, 0.15) is 37.7 Å². The molecule has 174 valence electrons. The average Bonchev–Trinajstić information content (AvgIpc) is 2.79. The lowest BCUT2D eigenvalue weighted by Crippen LogP contribution is -2.48. The van der Waals surface area contributed by atoms with E-state index in [0.29, 0.717) is 25.5 Å². The molecule has 3 rings (SSSR count). The molecule has 2 aliphatic rings. The Labute approximate surface area is 181 Å². The van der Waals surface area contributed by atoms with Gasteiger partial charge in [0.1, 0.15) is 12.4 Å². The maximum atomic E-state index is 12.6. The molecule has 0 aromatic heterocycles. The van der Waals surface area contributed by atoms with Crippen molar-refractivity contribution in [2.45, 2.75) is 50.5 Å². The molecule has 1 N–H and O–H groups in total. The second-order valence-electron chi connectivity index (χ2n) is 7.85. The van der Waals surface area contributed by atoms with Gasteiger partial charge in [0.05, 0.1) is 30.9 Å². The fraction of sp³-hybridized carbons (Fsp3) is 0.682. The van der Waals surface area contributed by atoms with Gasteiger partial charge in [-0.2, -0.15) is 13.2 Å². The highest BCUT2D eigenvalue weighted by Crippen LogP contribution is 2.30. The zero-order valence-electron chi connectivity index (χ0n) is 18.0. The molecular formula is C22H32F3N3O3. The van der Waals surface area contributed by atoms with Crippen LogP contribution in [0.2, 0.25) is 0 Å². The Morgan fingerprint density at radius 1 is 1.16 bits per heavy atom. The zero-order chi connectivity index (χ0) is 22.1. The van der Waals surface area contributed by atoms with Crippen molar-refractivity contribution in [3.8, 4) is 5.75 Å². The molecule has 1 aromatic rings. The van der Waals surface area contributed by atoms with Crippen LogP contribution in [-0.2, 0) is 15.7 Å². The first kappa shape index (κ1) is 23.7. The van der Waals surface area contributed by atoms with Crippen molar-refractivity contribution in [2.24, 2.45) is 4.99 Å². The van der Waals surface area contributed by atoms with Gasteiger partial charge in [-0.05, 0) is 56.4 Å². The van der Waals surface area contributed by atoms with E-state index in [0.717, 1.165) is 63.5 Å². The Morgan fingerprint density at radius 2 is 1.90 bits per heavy atom. The maximum absolute atomic E-state index is 12.6. The highest BCUT2D eigenvalue weighted by molar-refractivity contribution is 5.79. The summed E-state index contributed by atoms with van der Waals surface area (Å²) in [5.74, 6) is 1.20. The van der Waals surface area contributed by atoms with Crippen LogP contribution in [0.25, 0.3) is 0 Å². The standard InChI is InChI=1S/C22H32F3N3O3/c1-26-21(27-11-15-30-18-7-5-17(6-8-18)22(23,24)25)28-12-9-19(10-13-28)31-16-20-4-2-3-14-29-20/h5-8,19-20H,2-4,9-16H2,1H3,(H,26,27). The molecule has 9 heteroatoms. The summed E-state index contributed by atoms with van der Waals surface area (Å²) in [6.07, 6.45) is 1.49. The predicted octanol–water partition coefficient (Wildman–Crippen LogP) is 3.71. The second-order valence-corrected chi connectivity index (χ2v) is 7.85. The van der Waals surface area contributed by atoms with E-state index in [4.69, 9.17) is 14.2 Å². The van der Waals surface area contributed by atoms with Crippen LogP contribution in [0.15, 0.2) is 29.3 Å². The van der Waals surface area contributed by atoms with E-state index in [1.807, 2.05) is 0 Å². The Balaban J connectivity index is 1.32. The number of alkyl halides is 3. The van der Waals surface area contributed by atoms with E-state index in [1.165, 1.54) is 18.6 Å². The number of aliphatic imine (C=N–C) groups is 1. The summed E-state index contributed by atoms with van der Waals surface area (Å²) in [5, 5.41) is 3.25. The van der Waals surface area contributed by atoms with Gasteiger partial charge in [-0.25, -0.2) is 0 Å². The van der Waals surface area contributed by atoms with Crippen LogP contribution in [0.5, 0.6) is 5.75 Å². The van der Waals surface area contributed by atoms with Gasteiger partial charge in [-0.1, -0.05) is 0 Å². The first-order valence-corrected chi connectivity index (χ1v) is 10.9. The molecule has 0 amide bonds. The van der Waals surface area contributed by atoms with E-state index in [9.17, 15) is 13.2 Å². The van der Waals surface area contributed by atoms with Gasteiger partial charge in [-0.15, -0.1) is 0 Å². The molecule has 2 fully saturated rings. The van der Waals surface area contributed by atoms with E-state index >= 15 is 0 Å². The van der Waals surface area contributed by atoms with Crippen molar-refractivity contribution in [2.75, 3.05) is 46.5 Å². The topological polar surface area (TPSA) is 55.3 Å². The Morgan fingerprint density at radius 3 is 2.52 bits per heavy atom. The molecule has 31 heavy (non-hydrogen) atoms. The third-order valence-electron chi connectivity index (χ3n) is 5.58. The molecule has 0 radical (unpaired) electrons. The monoisotopic (exact) mass is 443 g/mol. The van der Waals surface area contributed by atoms with Gasteiger partial charge in [0, 0.05) is 26.7 Å². The number of ether oxygens (including phenoxy) is 3. The number of rotatable bonds is 7. The Bertz CT molecular complexity index is 683. The number of guanidine groups is 1. The predicted molar refractivity (Wildman–Crippen MR) is 112 cm³/mol. The van der Waals surface area contributed by atoms with Gasteiger partial charge < -0.3 is 24.4 Å². The van der Waals surface area contributed by atoms with Gasteiger partial charge in [0.25, 0.3) is 0 Å². The minimum absolute atomic E-state index is 0.242. The van der Waals surface area contributed by atoms with E-state index < -0.39 is 11.7 Å². The maximum Gasteiger partial charge on any atom is 0.416 e. The van der Waals surface area contributed by atoms with Gasteiger partial charge in [0.15, 0.2) is 5.96 Å². The first-order chi connectivity index (χ1) is 15.0. The lowest BCUT2D eigenvalue weighted by Gasteiger charge is -2.35. The van der Waals surface area contributed by atoms with Crippen molar-refractivity contribution in [3.05, 3.63) is 29.8 Å². The van der Waals surface area contributed by atoms with Crippen LogP contribution in [-0.4, -0.2) is 69.6 Å². The van der Waals surface area contributed by atoms with Crippen LogP contribution < -0.4 is 10.1 Å². The molecule has 0 spiro atoms. The van der Waals surface area contributed by atoms with Crippen molar-refractivity contribution < 1.29 is 27.4 Å². The SMILES string of the molecule is CN=C(NCCOc1ccc(C(F)(F)F)cc1)N1CCC(OCC2CCCCO2)CC1. The second kappa shape index (κ2) is 11.6. The third-order valence-corrected chi connectivity index (χ3v) is 5.58. The lowest BCUT2D eigenvalue weighted by atomic mass is 10.1. The molecule has 0 bridgehead atoms. The average molecular weight is 444 g/mol. The molecule has 1 atom stereocenters. The molecular weight excluding hydrogens is 411 g/mol. The lowest BCUT2D eigenvalue weighted by molar-refractivity contribution is -0.137. The summed E-state index contributed by atoms with van der Waals surface area (Å²) in [7, 11) is 1.74.